The van der Waals surface area contributed by atoms with Gasteiger partial charge >= 0.3 is 0 Å². The fourth-order valence-corrected chi connectivity index (χ4v) is 5.45. The van der Waals surface area contributed by atoms with Crippen molar-refractivity contribution in [2.24, 2.45) is 0 Å². The Morgan fingerprint density at radius 3 is 2.55 bits per heavy atom. The van der Waals surface area contributed by atoms with Gasteiger partial charge in [0.2, 0.25) is 0 Å². The summed E-state index contributed by atoms with van der Waals surface area (Å²) in [6.07, 6.45) is 9.12. The molecule has 0 aliphatic carbocycles. The molecule has 3 aliphatic rings. The molecule has 0 bridgehead atoms. The second-order valence-corrected chi connectivity index (χ2v) is 8.58. The van der Waals surface area contributed by atoms with Crippen molar-refractivity contribution >= 4 is 22.9 Å². The molecule has 1 aromatic carbocycles. The van der Waals surface area contributed by atoms with Gasteiger partial charge in [-0.1, -0.05) is 0 Å². The summed E-state index contributed by atoms with van der Waals surface area (Å²) in [5.74, 6) is 0.858. The van der Waals surface area contributed by atoms with Gasteiger partial charge in [-0.15, -0.1) is 0 Å². The molecule has 154 valence electrons. The zero-order valence-corrected chi connectivity index (χ0v) is 16.9. The molecule has 2 atom stereocenters. The lowest BCUT2D eigenvalue weighted by Gasteiger charge is -2.42. The number of hydrogen-bond donors (Lipinski definition) is 1. The smallest absolute Gasteiger partial charge is 0.130 e. The molecule has 5 nitrogen and oxygen atoms in total. The Hall–Kier alpha value is -2.50. The molecule has 0 radical (unpaired) electrons. The summed E-state index contributed by atoms with van der Waals surface area (Å²) in [4.78, 5) is 12.0. The number of nitrogen functional groups attached to an aromatic ring is 1. The number of nitrogens with two attached hydrogens (primary N) is 1. The predicted octanol–water partition coefficient (Wildman–Crippen LogP) is 4.04. The van der Waals surface area contributed by atoms with E-state index in [9.17, 15) is 4.39 Å². The first-order valence-corrected chi connectivity index (χ1v) is 11.0. The average Bonchev–Trinajstić information content (AvgIpc) is 3.21. The topological polar surface area (TPSA) is 48.6 Å². The van der Waals surface area contributed by atoms with Crippen LogP contribution in [-0.4, -0.2) is 43.2 Å². The first kappa shape index (κ1) is 18.5. The number of piperidine rings is 2. The van der Waals surface area contributed by atoms with E-state index in [0.29, 0.717) is 17.8 Å². The summed E-state index contributed by atoms with van der Waals surface area (Å²) in [6.45, 7) is 4.20. The lowest BCUT2D eigenvalue weighted by molar-refractivity contribution is 0.433. The molecule has 3 saturated heterocycles. The first-order chi connectivity index (χ1) is 14.2. The molecule has 0 saturated carbocycles. The molecule has 29 heavy (non-hydrogen) atoms. The van der Waals surface area contributed by atoms with Crippen molar-refractivity contribution in [1.82, 2.24) is 4.98 Å². The quantitative estimate of drug-likeness (QED) is 0.795. The lowest BCUT2D eigenvalue weighted by Crippen LogP contribution is -2.50. The third-order valence-electron chi connectivity index (χ3n) is 6.86. The molecule has 5 rings (SSSR count). The fourth-order valence-electron chi connectivity index (χ4n) is 5.45. The van der Waals surface area contributed by atoms with Crippen molar-refractivity contribution in [2.45, 2.75) is 50.6 Å². The van der Waals surface area contributed by atoms with E-state index in [2.05, 4.69) is 26.8 Å². The third kappa shape index (κ3) is 3.49. The fraction of sp³-hybridized carbons (Fsp3) is 0.522. The summed E-state index contributed by atoms with van der Waals surface area (Å²) < 4.78 is 13.9. The van der Waals surface area contributed by atoms with Crippen LogP contribution in [0.2, 0.25) is 0 Å². The maximum Gasteiger partial charge on any atom is 0.130 e. The summed E-state index contributed by atoms with van der Waals surface area (Å²) >= 11 is 0. The van der Waals surface area contributed by atoms with E-state index in [1.165, 1.54) is 31.0 Å². The van der Waals surface area contributed by atoms with Crippen molar-refractivity contribution in [3.05, 3.63) is 42.3 Å². The van der Waals surface area contributed by atoms with Crippen LogP contribution in [0.3, 0.4) is 0 Å². The number of hydrogen-bond acceptors (Lipinski definition) is 5. The van der Waals surface area contributed by atoms with E-state index >= 15 is 0 Å². The summed E-state index contributed by atoms with van der Waals surface area (Å²) in [6, 6.07) is 9.88. The molecular weight excluding hydrogens is 365 g/mol. The van der Waals surface area contributed by atoms with E-state index in [1.54, 1.807) is 12.1 Å². The van der Waals surface area contributed by atoms with E-state index in [-0.39, 0.29) is 5.82 Å². The van der Waals surface area contributed by atoms with Crippen LogP contribution in [0.4, 0.5) is 27.3 Å². The largest absolute Gasteiger partial charge is 0.397 e. The van der Waals surface area contributed by atoms with E-state index in [0.717, 1.165) is 56.9 Å². The number of pyridine rings is 1. The molecule has 4 heterocycles. The molecule has 0 amide bonds. The maximum absolute atomic E-state index is 13.9. The van der Waals surface area contributed by atoms with Gasteiger partial charge in [-0.2, -0.15) is 0 Å². The van der Waals surface area contributed by atoms with Crippen LogP contribution in [0.5, 0.6) is 0 Å². The van der Waals surface area contributed by atoms with Crippen LogP contribution in [0.25, 0.3) is 0 Å². The minimum absolute atomic E-state index is 0.220. The van der Waals surface area contributed by atoms with E-state index in [1.807, 2.05) is 6.20 Å². The lowest BCUT2D eigenvalue weighted by atomic mass is 9.95. The number of fused-ring (bicyclic) bond motifs is 1. The van der Waals surface area contributed by atoms with Crippen molar-refractivity contribution in [1.29, 1.82) is 0 Å². The summed E-state index contributed by atoms with van der Waals surface area (Å²) in [5.41, 5.74) is 9.01. The Balaban J connectivity index is 1.39. The number of rotatable bonds is 3. The van der Waals surface area contributed by atoms with Gasteiger partial charge in [0.15, 0.2) is 0 Å². The highest BCUT2D eigenvalue weighted by Crippen LogP contribution is 2.39. The number of halogens is 1. The zero-order chi connectivity index (χ0) is 19.8. The Kier molecular flexibility index (Phi) is 4.94. The Morgan fingerprint density at radius 1 is 0.862 bits per heavy atom. The second-order valence-electron chi connectivity index (χ2n) is 8.58. The highest BCUT2D eigenvalue weighted by atomic mass is 19.1. The normalized spacial score (nSPS) is 24.7. The average molecular weight is 396 g/mol. The summed E-state index contributed by atoms with van der Waals surface area (Å²) in [5, 5.41) is 0. The van der Waals surface area contributed by atoms with Crippen molar-refractivity contribution in [3.63, 3.8) is 0 Å². The minimum atomic E-state index is -0.220. The van der Waals surface area contributed by atoms with E-state index in [4.69, 9.17) is 10.7 Å². The molecule has 1 aromatic heterocycles. The number of benzene rings is 1. The van der Waals surface area contributed by atoms with Gasteiger partial charge in [-0.25, -0.2) is 9.37 Å². The minimum Gasteiger partial charge on any atom is -0.397 e. The standard InChI is InChI=1S/C23H30FN5/c24-17-6-7-19(25)22(15-17)28-13-4-5-20-21(28)9-14-29(20)23-16-18(8-10-26-23)27-11-2-1-3-12-27/h6-8,10,15-16,20-21H,1-5,9,11-14,25H2/t20-,21-/m1/s1. The molecule has 0 unspecified atom stereocenters. The SMILES string of the molecule is Nc1ccc(F)cc1N1CCC[C@@H]2[C@H]1CCN2c1cc(N2CCCCC2)ccn1. The highest BCUT2D eigenvalue weighted by Gasteiger charge is 2.41. The Bertz CT molecular complexity index is 866. The van der Waals surface area contributed by atoms with Gasteiger partial charge in [0.1, 0.15) is 11.6 Å². The number of nitrogens with zero attached hydrogens (tertiary/aromatic N) is 4. The summed E-state index contributed by atoms with van der Waals surface area (Å²) in [7, 11) is 0. The molecular formula is C23H30FN5. The van der Waals surface area contributed by atoms with Crippen LogP contribution in [0.15, 0.2) is 36.5 Å². The second kappa shape index (κ2) is 7.73. The van der Waals surface area contributed by atoms with Gasteiger partial charge in [-0.3, -0.25) is 0 Å². The van der Waals surface area contributed by atoms with Gasteiger partial charge in [-0.05, 0) is 62.8 Å². The number of aromatic nitrogens is 1. The molecule has 3 fully saturated rings. The van der Waals surface area contributed by atoms with Crippen LogP contribution < -0.4 is 20.4 Å². The van der Waals surface area contributed by atoms with Crippen molar-refractivity contribution in [3.8, 4) is 0 Å². The molecule has 0 spiro atoms. The monoisotopic (exact) mass is 395 g/mol. The van der Waals surface area contributed by atoms with Gasteiger partial charge in [0.25, 0.3) is 0 Å². The predicted molar refractivity (Wildman–Crippen MR) is 117 cm³/mol. The Morgan fingerprint density at radius 2 is 1.69 bits per heavy atom. The molecule has 2 N–H and O–H groups in total. The van der Waals surface area contributed by atoms with Crippen molar-refractivity contribution in [2.75, 3.05) is 46.6 Å². The molecule has 2 aromatic rings. The van der Waals surface area contributed by atoms with Crippen LogP contribution >= 0.6 is 0 Å². The molecule has 3 aliphatic heterocycles. The van der Waals surface area contributed by atoms with Gasteiger partial charge in [0, 0.05) is 44.1 Å². The van der Waals surface area contributed by atoms with Crippen LogP contribution in [-0.2, 0) is 0 Å². The Labute approximate surface area is 172 Å². The zero-order valence-electron chi connectivity index (χ0n) is 16.9. The van der Waals surface area contributed by atoms with Crippen molar-refractivity contribution < 1.29 is 4.39 Å². The third-order valence-corrected chi connectivity index (χ3v) is 6.86. The first-order valence-electron chi connectivity index (χ1n) is 11.0. The van der Waals surface area contributed by atoms with Crippen LogP contribution in [0, 0.1) is 5.82 Å². The van der Waals surface area contributed by atoms with Gasteiger partial charge in [0.05, 0.1) is 23.5 Å². The number of anilines is 4. The highest BCUT2D eigenvalue weighted by molar-refractivity contribution is 5.69. The van der Waals surface area contributed by atoms with Crippen LogP contribution in [0.1, 0.15) is 38.5 Å². The maximum atomic E-state index is 13.9. The van der Waals surface area contributed by atoms with Gasteiger partial charge < -0.3 is 20.4 Å². The van der Waals surface area contributed by atoms with E-state index < -0.39 is 0 Å². The molecule has 6 heteroatoms.